The van der Waals surface area contributed by atoms with Gasteiger partial charge in [0.15, 0.2) is 0 Å². The molecule has 7 nitrogen and oxygen atoms in total. The number of alkyl halides is 3. The molecule has 1 aliphatic heterocycles. The highest BCUT2D eigenvalue weighted by Crippen LogP contribution is 2.30. The van der Waals surface area contributed by atoms with Crippen LogP contribution >= 0.6 is 0 Å². The summed E-state index contributed by atoms with van der Waals surface area (Å²) in [7, 11) is 0. The van der Waals surface area contributed by atoms with E-state index in [0.29, 0.717) is 18.8 Å². The maximum absolute atomic E-state index is 13.1. The predicted octanol–water partition coefficient (Wildman–Crippen LogP) is 0.587. The molecule has 1 aliphatic rings. The highest BCUT2D eigenvalue weighted by molar-refractivity contribution is 5.82. The van der Waals surface area contributed by atoms with Gasteiger partial charge >= 0.3 is 6.18 Å². The van der Waals surface area contributed by atoms with E-state index in [1.54, 1.807) is 18.7 Å². The molecule has 1 aromatic heterocycles. The van der Waals surface area contributed by atoms with Crippen molar-refractivity contribution in [3.8, 4) is 0 Å². The third-order valence-corrected chi connectivity index (χ3v) is 4.00. The number of aliphatic hydroxyl groups is 1. The summed E-state index contributed by atoms with van der Waals surface area (Å²) in [5.74, 6) is -0.541. The van der Waals surface area contributed by atoms with Crippen LogP contribution in [0.25, 0.3) is 0 Å². The van der Waals surface area contributed by atoms with Crippen molar-refractivity contribution in [3.05, 3.63) is 17.5 Å². The summed E-state index contributed by atoms with van der Waals surface area (Å²) >= 11 is 0. The minimum atomic E-state index is -4.55. The number of rotatable bonds is 4. The number of halogens is 3. The lowest BCUT2D eigenvalue weighted by molar-refractivity contribution is -0.141. The van der Waals surface area contributed by atoms with Gasteiger partial charge in [-0.15, -0.1) is 0 Å². The topological polar surface area (TPSA) is 95.6 Å². The molecule has 0 unspecified atom stereocenters. The first-order chi connectivity index (χ1) is 11.6. The molecular formula is C15H22F3N5O2. The Labute approximate surface area is 143 Å². The van der Waals surface area contributed by atoms with Gasteiger partial charge in [-0.2, -0.15) is 13.2 Å². The molecular weight excluding hydrogens is 339 g/mol. The van der Waals surface area contributed by atoms with Crippen LogP contribution in [-0.4, -0.2) is 64.7 Å². The zero-order valence-electron chi connectivity index (χ0n) is 14.1. The number of carbonyl (C=O) groups is 1. The number of nitrogens with zero attached hydrogens (tertiary/aromatic N) is 4. The summed E-state index contributed by atoms with van der Waals surface area (Å²) in [5.41, 5.74) is 4.86. The molecule has 1 saturated heterocycles. The molecule has 2 rings (SSSR count). The fourth-order valence-corrected chi connectivity index (χ4v) is 2.47. The standard InChI is InChI=1S/C15H22F3N5O2/c1-9(2)11-7-12(15(16,17)18)21-14(20-11)23-5-3-22(4-6-23)13(25)10(19)8-24/h7,9-10,24H,3-6,8,19H2,1-2H3/t10-/m0/s1. The first kappa shape index (κ1) is 19.4. The van der Waals surface area contributed by atoms with Crippen molar-refractivity contribution in [3.63, 3.8) is 0 Å². The molecule has 0 saturated carbocycles. The molecule has 0 radical (unpaired) electrons. The van der Waals surface area contributed by atoms with E-state index in [-0.39, 0.29) is 30.9 Å². The van der Waals surface area contributed by atoms with Crippen LogP contribution in [0.1, 0.15) is 31.2 Å². The van der Waals surface area contributed by atoms with E-state index in [9.17, 15) is 18.0 Å². The average molecular weight is 361 g/mol. The predicted molar refractivity (Wildman–Crippen MR) is 85.0 cm³/mol. The lowest BCUT2D eigenvalue weighted by Gasteiger charge is -2.36. The van der Waals surface area contributed by atoms with Gasteiger partial charge in [-0.25, -0.2) is 9.97 Å². The summed E-state index contributed by atoms with van der Waals surface area (Å²) in [5, 5.41) is 8.95. The van der Waals surface area contributed by atoms with Crippen molar-refractivity contribution in [2.24, 2.45) is 5.73 Å². The van der Waals surface area contributed by atoms with Crippen molar-refractivity contribution in [1.29, 1.82) is 0 Å². The van der Waals surface area contributed by atoms with Crippen LogP contribution in [-0.2, 0) is 11.0 Å². The summed E-state index contributed by atoms with van der Waals surface area (Å²) in [6.07, 6.45) is -4.55. The van der Waals surface area contributed by atoms with Crippen LogP contribution in [0.15, 0.2) is 6.07 Å². The van der Waals surface area contributed by atoms with Crippen molar-refractivity contribution < 1.29 is 23.1 Å². The van der Waals surface area contributed by atoms with E-state index in [4.69, 9.17) is 10.8 Å². The van der Waals surface area contributed by atoms with Gasteiger partial charge < -0.3 is 20.6 Å². The highest BCUT2D eigenvalue weighted by Gasteiger charge is 2.35. The van der Waals surface area contributed by atoms with Crippen molar-refractivity contribution in [2.75, 3.05) is 37.7 Å². The minimum Gasteiger partial charge on any atom is -0.394 e. The Kier molecular flexibility index (Phi) is 5.83. The Morgan fingerprint density at radius 3 is 2.36 bits per heavy atom. The smallest absolute Gasteiger partial charge is 0.394 e. The Morgan fingerprint density at radius 1 is 1.28 bits per heavy atom. The number of hydrogen-bond donors (Lipinski definition) is 2. The van der Waals surface area contributed by atoms with E-state index in [2.05, 4.69) is 9.97 Å². The zero-order valence-corrected chi connectivity index (χ0v) is 14.1. The average Bonchev–Trinajstić information content (AvgIpc) is 2.59. The second-order valence-electron chi connectivity index (χ2n) is 6.23. The maximum Gasteiger partial charge on any atom is 0.433 e. The van der Waals surface area contributed by atoms with E-state index < -0.39 is 24.5 Å². The number of hydrogen-bond acceptors (Lipinski definition) is 6. The van der Waals surface area contributed by atoms with Crippen LogP contribution in [0.3, 0.4) is 0 Å². The van der Waals surface area contributed by atoms with E-state index in [1.807, 2.05) is 0 Å². The lowest BCUT2D eigenvalue weighted by atomic mass is 10.1. The Bertz CT molecular complexity index is 616. The van der Waals surface area contributed by atoms with Gasteiger partial charge in [0.1, 0.15) is 11.7 Å². The van der Waals surface area contributed by atoms with E-state index in [1.165, 1.54) is 4.90 Å². The molecule has 1 aromatic rings. The Morgan fingerprint density at radius 2 is 1.88 bits per heavy atom. The highest BCUT2D eigenvalue weighted by atomic mass is 19.4. The summed E-state index contributed by atoms with van der Waals surface area (Å²) < 4.78 is 39.2. The molecule has 2 heterocycles. The van der Waals surface area contributed by atoms with Gasteiger partial charge in [0.25, 0.3) is 0 Å². The van der Waals surface area contributed by atoms with Crippen LogP contribution in [0.5, 0.6) is 0 Å². The Hall–Kier alpha value is -1.94. The third-order valence-electron chi connectivity index (χ3n) is 4.00. The van der Waals surface area contributed by atoms with Crippen molar-refractivity contribution in [1.82, 2.24) is 14.9 Å². The molecule has 140 valence electrons. The fourth-order valence-electron chi connectivity index (χ4n) is 2.47. The third kappa shape index (κ3) is 4.57. The second kappa shape index (κ2) is 7.52. The van der Waals surface area contributed by atoms with Gasteiger partial charge in [-0.05, 0) is 12.0 Å². The molecule has 10 heteroatoms. The molecule has 0 spiro atoms. The van der Waals surface area contributed by atoms with Crippen molar-refractivity contribution in [2.45, 2.75) is 32.0 Å². The molecule has 25 heavy (non-hydrogen) atoms. The minimum absolute atomic E-state index is 0.0112. The quantitative estimate of drug-likeness (QED) is 0.815. The first-order valence-corrected chi connectivity index (χ1v) is 7.99. The molecule has 3 N–H and O–H groups in total. The van der Waals surface area contributed by atoms with Gasteiger partial charge in [-0.1, -0.05) is 13.8 Å². The van der Waals surface area contributed by atoms with E-state index >= 15 is 0 Å². The van der Waals surface area contributed by atoms with Crippen LogP contribution < -0.4 is 10.6 Å². The second-order valence-corrected chi connectivity index (χ2v) is 6.23. The summed E-state index contributed by atoms with van der Waals surface area (Å²) in [6, 6.07) is -0.0160. The molecule has 0 bridgehead atoms. The number of piperazine rings is 1. The first-order valence-electron chi connectivity index (χ1n) is 7.99. The van der Waals surface area contributed by atoms with Crippen molar-refractivity contribution >= 4 is 11.9 Å². The van der Waals surface area contributed by atoms with Crippen LogP contribution in [0, 0.1) is 0 Å². The molecule has 1 amide bonds. The van der Waals surface area contributed by atoms with Gasteiger partial charge in [0.05, 0.1) is 6.61 Å². The van der Waals surface area contributed by atoms with E-state index in [0.717, 1.165) is 6.07 Å². The Balaban J connectivity index is 2.17. The SMILES string of the molecule is CC(C)c1cc(C(F)(F)F)nc(N2CCN(C(=O)[C@@H](N)CO)CC2)n1. The largest absolute Gasteiger partial charge is 0.433 e. The van der Waals surface area contributed by atoms with Gasteiger partial charge in [0, 0.05) is 31.9 Å². The number of anilines is 1. The number of aliphatic hydroxyl groups excluding tert-OH is 1. The monoisotopic (exact) mass is 361 g/mol. The van der Waals surface area contributed by atoms with Crippen LogP contribution in [0.4, 0.5) is 19.1 Å². The maximum atomic E-state index is 13.1. The molecule has 1 atom stereocenters. The van der Waals surface area contributed by atoms with Gasteiger partial charge in [0.2, 0.25) is 11.9 Å². The zero-order chi connectivity index (χ0) is 18.8. The van der Waals surface area contributed by atoms with Crippen LogP contribution in [0.2, 0.25) is 0 Å². The fraction of sp³-hybridized carbons (Fsp3) is 0.667. The number of amides is 1. The number of carbonyl (C=O) groups excluding carboxylic acids is 1. The molecule has 0 aliphatic carbocycles. The molecule has 1 fully saturated rings. The van der Waals surface area contributed by atoms with Gasteiger partial charge in [-0.3, -0.25) is 4.79 Å². The lowest BCUT2D eigenvalue weighted by Crippen LogP contribution is -2.54. The summed E-state index contributed by atoms with van der Waals surface area (Å²) in [4.78, 5) is 22.9. The number of aromatic nitrogens is 2. The normalized spacial score (nSPS) is 17.1. The summed E-state index contributed by atoms with van der Waals surface area (Å²) in [6.45, 7) is 4.23. The number of nitrogens with two attached hydrogens (primary N) is 1. The molecule has 0 aromatic carbocycles.